The highest BCUT2D eigenvalue weighted by Gasteiger charge is 2.49. The molecule has 3 N–H and O–H groups in total. The average molecular weight is 787 g/mol. The molecule has 56 heavy (non-hydrogen) atoms. The predicted molar refractivity (Wildman–Crippen MR) is 216 cm³/mol. The second-order valence-electron chi connectivity index (χ2n) is 17.5. The van der Waals surface area contributed by atoms with E-state index in [0.717, 1.165) is 32.2 Å². The molecule has 0 amide bonds. The first kappa shape index (κ1) is 38.9. The fourth-order valence-corrected chi connectivity index (χ4v) is 16.0. The summed E-state index contributed by atoms with van der Waals surface area (Å²) in [5.41, 5.74) is 4.09. The molecule has 2 aromatic carbocycles. The van der Waals surface area contributed by atoms with E-state index < -0.39 is 38.0 Å². The van der Waals surface area contributed by atoms with Crippen LogP contribution in [-0.4, -0.2) is 94.7 Å². The van der Waals surface area contributed by atoms with Crippen LogP contribution in [0.2, 0.25) is 16.6 Å². The van der Waals surface area contributed by atoms with Crippen LogP contribution in [0.3, 0.4) is 0 Å². The molecule has 8 rings (SSSR count). The molecular weight excluding hydrogens is 734 g/mol. The maximum Gasteiger partial charge on any atom is 0.319 e. The van der Waals surface area contributed by atoms with Crippen LogP contribution in [0.1, 0.15) is 84.9 Å². The number of hydrogen-bond acceptors (Lipinski definition) is 9. The standard InChI is InChI=1S/C43H53F3N6O3Si/c1-24(2)56(25(3)4,26(5)6)15-12-32-34(45)11-8-27-16-31(54)17-33(36(27)32)39-38(46)40-37(35(22-53)48-39)41(51-20-29-9-10-30(21-51)47-29)50-42(49-40)55-23-43-13-7-14-52(43)19-28(44)18-43/h8,11,16-17,24-26,28-30,47,53-54H,7,9-10,13-14,18-23H2,1-6H3/t28-,29-,30+,43+/m1/s1. The maximum atomic E-state index is 17.6. The van der Waals surface area contributed by atoms with Gasteiger partial charge in [0.25, 0.3) is 0 Å². The van der Waals surface area contributed by atoms with Crippen LogP contribution in [0, 0.1) is 23.1 Å². The third-order valence-corrected chi connectivity index (χ3v) is 19.6. The summed E-state index contributed by atoms with van der Waals surface area (Å²) in [6.45, 7) is 15.1. The average Bonchev–Trinajstić information content (AvgIpc) is 3.80. The molecule has 0 spiro atoms. The molecule has 4 aromatic rings. The Morgan fingerprint density at radius 1 is 0.982 bits per heavy atom. The van der Waals surface area contributed by atoms with Gasteiger partial charge in [0.2, 0.25) is 0 Å². The van der Waals surface area contributed by atoms with E-state index in [1.165, 1.54) is 18.2 Å². The van der Waals surface area contributed by atoms with Crippen LogP contribution in [0.15, 0.2) is 24.3 Å². The largest absolute Gasteiger partial charge is 0.508 e. The number of hydrogen-bond donors (Lipinski definition) is 3. The van der Waals surface area contributed by atoms with Crippen molar-refractivity contribution in [3.63, 3.8) is 0 Å². The number of aliphatic hydroxyl groups excluding tert-OH is 1. The first-order chi connectivity index (χ1) is 26.7. The van der Waals surface area contributed by atoms with Crippen molar-refractivity contribution >= 4 is 35.6 Å². The molecule has 4 saturated heterocycles. The van der Waals surface area contributed by atoms with E-state index in [4.69, 9.17) is 14.7 Å². The molecule has 4 aliphatic heterocycles. The van der Waals surface area contributed by atoms with Gasteiger partial charge in [-0.05, 0) is 72.4 Å². The van der Waals surface area contributed by atoms with Crippen LogP contribution in [-0.2, 0) is 6.61 Å². The zero-order chi connectivity index (χ0) is 39.7. The molecule has 13 heteroatoms. The molecular formula is C43H53F3N6O3Si. The molecule has 6 heterocycles. The third-order valence-electron chi connectivity index (χ3n) is 13.3. The number of nitrogens with one attached hydrogen (secondary N) is 1. The molecule has 4 fully saturated rings. The Bertz CT molecular complexity index is 2210. The smallest absolute Gasteiger partial charge is 0.319 e. The zero-order valence-corrected chi connectivity index (χ0v) is 34.2. The minimum atomic E-state index is -2.32. The summed E-state index contributed by atoms with van der Waals surface area (Å²) in [6.07, 6.45) is 3.13. The van der Waals surface area contributed by atoms with Crippen LogP contribution >= 0.6 is 0 Å². The number of benzene rings is 2. The number of anilines is 1. The number of aliphatic hydroxyl groups is 1. The summed E-state index contributed by atoms with van der Waals surface area (Å²) in [7, 11) is -2.32. The van der Waals surface area contributed by atoms with Gasteiger partial charge in [0.15, 0.2) is 5.82 Å². The molecule has 0 aliphatic carbocycles. The highest BCUT2D eigenvalue weighted by atomic mass is 28.3. The van der Waals surface area contributed by atoms with Gasteiger partial charge in [0, 0.05) is 49.1 Å². The van der Waals surface area contributed by atoms with Crippen molar-refractivity contribution in [3.05, 3.63) is 47.2 Å². The van der Waals surface area contributed by atoms with Crippen molar-refractivity contribution in [3.8, 4) is 34.5 Å². The van der Waals surface area contributed by atoms with E-state index in [2.05, 4.69) is 73.1 Å². The van der Waals surface area contributed by atoms with Gasteiger partial charge in [-0.2, -0.15) is 9.97 Å². The number of alkyl halides is 1. The van der Waals surface area contributed by atoms with Crippen molar-refractivity contribution < 1.29 is 28.1 Å². The van der Waals surface area contributed by atoms with Crippen LogP contribution in [0.25, 0.3) is 32.9 Å². The molecule has 0 unspecified atom stereocenters. The van der Waals surface area contributed by atoms with Gasteiger partial charge in [0.05, 0.1) is 28.8 Å². The number of piperazine rings is 1. The third kappa shape index (κ3) is 6.50. The monoisotopic (exact) mass is 786 g/mol. The minimum absolute atomic E-state index is 0.0439. The molecule has 2 aromatic heterocycles. The molecule has 9 nitrogen and oxygen atoms in total. The summed E-state index contributed by atoms with van der Waals surface area (Å²) in [5, 5.41) is 26.6. The van der Waals surface area contributed by atoms with Crippen molar-refractivity contribution in [2.75, 3.05) is 37.7 Å². The lowest BCUT2D eigenvalue weighted by Gasteiger charge is -2.38. The number of aromatic nitrogens is 3. The van der Waals surface area contributed by atoms with Gasteiger partial charge in [-0.25, -0.2) is 18.2 Å². The fraction of sp³-hybridized carbons (Fsp3) is 0.558. The Kier molecular flexibility index (Phi) is 10.3. The summed E-state index contributed by atoms with van der Waals surface area (Å²) >= 11 is 0. The van der Waals surface area contributed by atoms with Gasteiger partial charge < -0.3 is 25.2 Å². The Morgan fingerprint density at radius 3 is 2.38 bits per heavy atom. The normalized spacial score (nSPS) is 23.9. The van der Waals surface area contributed by atoms with Crippen molar-refractivity contribution in [2.24, 2.45) is 0 Å². The molecule has 2 bridgehead atoms. The Balaban J connectivity index is 1.33. The fourth-order valence-electron chi connectivity index (χ4n) is 10.7. The van der Waals surface area contributed by atoms with E-state index in [1.807, 2.05) is 0 Å². The zero-order valence-electron chi connectivity index (χ0n) is 33.2. The van der Waals surface area contributed by atoms with Gasteiger partial charge in [0.1, 0.15) is 49.4 Å². The number of phenolic OH excluding ortho intramolecular Hbond substituents is 1. The first-order valence-corrected chi connectivity index (χ1v) is 22.5. The van der Waals surface area contributed by atoms with Crippen molar-refractivity contribution in [1.29, 1.82) is 0 Å². The lowest BCUT2D eigenvalue weighted by atomic mass is 9.95. The molecule has 4 atom stereocenters. The number of aromatic hydroxyl groups is 1. The van der Waals surface area contributed by atoms with Crippen LogP contribution < -0.4 is 15.0 Å². The SMILES string of the molecule is CC(C)[Si](C#Cc1c(F)ccc2cc(O)cc(-c3nc(CO)c4c(N5C[C@H]6CC[C@@H](C5)N6)nc(OC[C@@]56CCCN5C[C@H](F)C6)nc4c3F)c12)(C(C)C)C(C)C. The van der Waals surface area contributed by atoms with E-state index >= 15 is 8.78 Å². The lowest BCUT2D eigenvalue weighted by Crippen LogP contribution is -2.51. The lowest BCUT2D eigenvalue weighted by molar-refractivity contribution is 0.107. The van der Waals surface area contributed by atoms with Gasteiger partial charge in [-0.15, -0.1) is 5.54 Å². The molecule has 0 radical (unpaired) electrons. The van der Waals surface area contributed by atoms with Gasteiger partial charge in [-0.1, -0.05) is 53.5 Å². The van der Waals surface area contributed by atoms with Crippen molar-refractivity contribution in [2.45, 2.75) is 121 Å². The Hall–Kier alpha value is -3.96. The second kappa shape index (κ2) is 14.8. The molecule has 4 aliphatic rings. The number of fused-ring (bicyclic) bond motifs is 5. The predicted octanol–water partition coefficient (Wildman–Crippen LogP) is 7.79. The Morgan fingerprint density at radius 2 is 1.70 bits per heavy atom. The second-order valence-corrected chi connectivity index (χ2v) is 23.1. The maximum absolute atomic E-state index is 17.6. The number of nitrogens with zero attached hydrogens (tertiary/aromatic N) is 5. The number of rotatable bonds is 9. The van der Waals surface area contributed by atoms with Crippen molar-refractivity contribution in [1.82, 2.24) is 25.2 Å². The van der Waals surface area contributed by atoms with Gasteiger partial charge in [-0.3, -0.25) is 4.90 Å². The highest BCUT2D eigenvalue weighted by Crippen LogP contribution is 2.44. The number of phenols is 1. The van der Waals surface area contributed by atoms with E-state index in [1.54, 1.807) is 6.07 Å². The number of pyridine rings is 1. The summed E-state index contributed by atoms with van der Waals surface area (Å²) in [6, 6.07) is 6.16. The molecule has 0 saturated carbocycles. The Labute approximate surface area is 328 Å². The quantitative estimate of drug-likeness (QED) is 0.116. The molecule has 298 valence electrons. The first-order valence-electron chi connectivity index (χ1n) is 20.3. The van der Waals surface area contributed by atoms with Crippen LogP contribution in [0.4, 0.5) is 19.0 Å². The number of ether oxygens (including phenoxy) is 1. The summed E-state index contributed by atoms with van der Waals surface area (Å²) in [4.78, 5) is 18.5. The highest BCUT2D eigenvalue weighted by molar-refractivity contribution is 6.90. The number of halogens is 3. The van der Waals surface area contributed by atoms with Gasteiger partial charge >= 0.3 is 6.01 Å². The summed E-state index contributed by atoms with van der Waals surface area (Å²) in [5.74, 6) is 2.14. The summed E-state index contributed by atoms with van der Waals surface area (Å²) < 4.78 is 54.7. The van der Waals surface area contributed by atoms with E-state index in [9.17, 15) is 14.6 Å². The topological polar surface area (TPSA) is 107 Å². The van der Waals surface area contributed by atoms with E-state index in [-0.39, 0.29) is 63.9 Å². The van der Waals surface area contributed by atoms with Crippen LogP contribution in [0.5, 0.6) is 11.8 Å². The minimum Gasteiger partial charge on any atom is -0.508 e. The van der Waals surface area contributed by atoms with E-state index in [0.29, 0.717) is 59.3 Å².